The summed E-state index contributed by atoms with van der Waals surface area (Å²) in [6, 6.07) is 3.45. The highest BCUT2D eigenvalue weighted by Gasteiger charge is 2.43. The van der Waals surface area contributed by atoms with E-state index in [9.17, 15) is 18.0 Å². The molecule has 1 aliphatic rings. The molecule has 0 radical (unpaired) electrons. The van der Waals surface area contributed by atoms with Crippen LogP contribution in [0.4, 0.5) is 13.2 Å². The van der Waals surface area contributed by atoms with Crippen LogP contribution in [-0.2, 0) is 11.2 Å². The third-order valence-corrected chi connectivity index (χ3v) is 3.72. The van der Waals surface area contributed by atoms with E-state index in [1.807, 2.05) is 0 Å². The predicted octanol–water partition coefficient (Wildman–Crippen LogP) is 3.56. The van der Waals surface area contributed by atoms with E-state index in [4.69, 9.17) is 0 Å². The first-order valence-electron chi connectivity index (χ1n) is 6.45. The molecular formula is C14H16F3NO. The third kappa shape index (κ3) is 3.78. The number of Topliss-reactive ketones (excluding diaryl/α,β-unsaturated/α-hetero) is 1. The van der Waals surface area contributed by atoms with E-state index in [0.29, 0.717) is 12.8 Å². The first kappa shape index (κ1) is 14.0. The van der Waals surface area contributed by atoms with E-state index in [0.717, 1.165) is 5.56 Å². The summed E-state index contributed by atoms with van der Waals surface area (Å²) in [6.45, 7) is 0. The number of hydrogen-bond acceptors (Lipinski definition) is 2. The Morgan fingerprint density at radius 2 is 1.95 bits per heavy atom. The Kier molecular flexibility index (Phi) is 4.22. The van der Waals surface area contributed by atoms with E-state index < -0.39 is 18.0 Å². The molecule has 5 heteroatoms. The molecule has 0 aliphatic heterocycles. The van der Waals surface area contributed by atoms with Crippen LogP contribution in [0.25, 0.3) is 0 Å². The second-order valence-electron chi connectivity index (χ2n) is 5.10. The van der Waals surface area contributed by atoms with Gasteiger partial charge >= 0.3 is 6.18 Å². The van der Waals surface area contributed by atoms with Crippen LogP contribution in [0.2, 0.25) is 0 Å². The van der Waals surface area contributed by atoms with Gasteiger partial charge in [-0.15, -0.1) is 0 Å². The average Bonchev–Trinajstić information content (AvgIpc) is 2.39. The number of rotatable bonds is 3. The highest BCUT2D eigenvalue weighted by Crippen LogP contribution is 2.40. The maximum Gasteiger partial charge on any atom is 0.391 e. The van der Waals surface area contributed by atoms with Crippen LogP contribution < -0.4 is 0 Å². The Labute approximate surface area is 110 Å². The van der Waals surface area contributed by atoms with Gasteiger partial charge in [0.2, 0.25) is 0 Å². The minimum atomic E-state index is -4.17. The lowest BCUT2D eigenvalue weighted by Crippen LogP contribution is -2.32. The maximum atomic E-state index is 12.7. The van der Waals surface area contributed by atoms with E-state index in [2.05, 4.69) is 4.98 Å². The number of carbonyl (C=O) groups excluding carboxylic acids is 1. The zero-order valence-electron chi connectivity index (χ0n) is 10.5. The van der Waals surface area contributed by atoms with E-state index in [-0.39, 0.29) is 25.0 Å². The normalized spacial score (nSPS) is 24.2. The molecule has 2 unspecified atom stereocenters. The molecular weight excluding hydrogens is 255 g/mol. The van der Waals surface area contributed by atoms with Crippen LogP contribution >= 0.6 is 0 Å². The summed E-state index contributed by atoms with van der Waals surface area (Å²) >= 11 is 0. The predicted molar refractivity (Wildman–Crippen MR) is 64.5 cm³/mol. The molecule has 0 spiro atoms. The van der Waals surface area contributed by atoms with Gasteiger partial charge in [-0.2, -0.15) is 13.2 Å². The van der Waals surface area contributed by atoms with Crippen molar-refractivity contribution in [1.82, 2.24) is 4.98 Å². The lowest BCUT2D eigenvalue weighted by Gasteiger charge is -2.29. The van der Waals surface area contributed by atoms with Gasteiger partial charge in [0.1, 0.15) is 5.78 Å². The minimum absolute atomic E-state index is 0.0482. The molecule has 1 aliphatic carbocycles. The molecule has 0 aromatic carbocycles. The molecule has 19 heavy (non-hydrogen) atoms. The number of carbonyl (C=O) groups is 1. The summed E-state index contributed by atoms with van der Waals surface area (Å²) in [5.74, 6) is -1.85. The van der Waals surface area contributed by atoms with Gasteiger partial charge in [-0.3, -0.25) is 9.78 Å². The van der Waals surface area contributed by atoms with Crippen molar-refractivity contribution < 1.29 is 18.0 Å². The monoisotopic (exact) mass is 271 g/mol. The van der Waals surface area contributed by atoms with Crippen molar-refractivity contribution in [3.8, 4) is 0 Å². The van der Waals surface area contributed by atoms with Gasteiger partial charge in [0.25, 0.3) is 0 Å². The van der Waals surface area contributed by atoms with Crippen LogP contribution in [0, 0.1) is 11.8 Å². The Hall–Kier alpha value is -1.39. The van der Waals surface area contributed by atoms with E-state index in [1.54, 1.807) is 24.5 Å². The Morgan fingerprint density at radius 1 is 1.26 bits per heavy atom. The van der Waals surface area contributed by atoms with Crippen molar-refractivity contribution in [3.05, 3.63) is 30.1 Å². The lowest BCUT2D eigenvalue weighted by molar-refractivity contribution is -0.186. The molecule has 0 amide bonds. The minimum Gasteiger partial charge on any atom is -0.299 e. The molecule has 0 saturated heterocycles. The highest BCUT2D eigenvalue weighted by atomic mass is 19.4. The topological polar surface area (TPSA) is 30.0 Å². The number of halogens is 3. The fourth-order valence-corrected chi connectivity index (χ4v) is 2.63. The summed E-state index contributed by atoms with van der Waals surface area (Å²) in [6.07, 6.45) is 0.376. The highest BCUT2D eigenvalue weighted by molar-refractivity contribution is 5.83. The number of alkyl halides is 3. The zero-order valence-corrected chi connectivity index (χ0v) is 10.5. The molecule has 2 nitrogen and oxygen atoms in total. The second-order valence-corrected chi connectivity index (χ2v) is 5.10. The van der Waals surface area contributed by atoms with E-state index in [1.165, 1.54) is 0 Å². The van der Waals surface area contributed by atoms with Gasteiger partial charge in [0.05, 0.1) is 5.92 Å². The van der Waals surface area contributed by atoms with Crippen molar-refractivity contribution >= 4 is 5.78 Å². The van der Waals surface area contributed by atoms with Crippen molar-refractivity contribution in [2.24, 2.45) is 11.8 Å². The van der Waals surface area contributed by atoms with Crippen LogP contribution in [-0.4, -0.2) is 16.9 Å². The molecule has 1 aromatic heterocycles. The molecule has 1 heterocycles. The Bertz CT molecular complexity index is 430. The first-order chi connectivity index (χ1) is 8.97. The largest absolute Gasteiger partial charge is 0.391 e. The van der Waals surface area contributed by atoms with Gasteiger partial charge in [0, 0.05) is 24.7 Å². The third-order valence-electron chi connectivity index (χ3n) is 3.72. The molecule has 0 bridgehead atoms. The molecule has 1 saturated carbocycles. The summed E-state index contributed by atoms with van der Waals surface area (Å²) < 4.78 is 38.1. The zero-order chi connectivity index (χ0) is 13.9. The lowest BCUT2D eigenvalue weighted by atomic mass is 9.78. The number of aromatic nitrogens is 1. The quantitative estimate of drug-likeness (QED) is 0.841. The van der Waals surface area contributed by atoms with Gasteiger partial charge in [-0.25, -0.2) is 0 Å². The number of ketones is 1. The van der Waals surface area contributed by atoms with Gasteiger partial charge in [0.15, 0.2) is 0 Å². The van der Waals surface area contributed by atoms with Crippen molar-refractivity contribution in [3.63, 3.8) is 0 Å². The second kappa shape index (κ2) is 5.72. The first-order valence-corrected chi connectivity index (χ1v) is 6.45. The molecule has 2 atom stereocenters. The Morgan fingerprint density at radius 3 is 2.58 bits per heavy atom. The molecule has 0 N–H and O–H groups in total. The smallest absolute Gasteiger partial charge is 0.299 e. The van der Waals surface area contributed by atoms with Crippen LogP contribution in [0.3, 0.4) is 0 Å². The standard InChI is InChI=1S/C14H16F3NO/c15-14(16,17)12-3-1-2-11(9-12)13(19)8-10-4-6-18-7-5-10/h4-7,11-12H,1-3,8-9H2. The van der Waals surface area contributed by atoms with Gasteiger partial charge < -0.3 is 0 Å². The number of hydrogen-bond donors (Lipinski definition) is 0. The molecule has 104 valence electrons. The van der Waals surface area contributed by atoms with Crippen LogP contribution in [0.5, 0.6) is 0 Å². The summed E-state index contributed by atoms with van der Waals surface area (Å²) in [4.78, 5) is 15.9. The fourth-order valence-electron chi connectivity index (χ4n) is 2.63. The summed E-state index contributed by atoms with van der Waals surface area (Å²) in [5, 5.41) is 0. The van der Waals surface area contributed by atoms with Crippen molar-refractivity contribution in [2.75, 3.05) is 0 Å². The number of pyridine rings is 1. The maximum absolute atomic E-state index is 12.7. The fraction of sp³-hybridized carbons (Fsp3) is 0.571. The summed E-state index contributed by atoms with van der Waals surface area (Å²) in [7, 11) is 0. The van der Waals surface area contributed by atoms with Crippen molar-refractivity contribution in [1.29, 1.82) is 0 Å². The van der Waals surface area contributed by atoms with Crippen LogP contribution in [0.1, 0.15) is 31.2 Å². The Balaban J connectivity index is 1.96. The van der Waals surface area contributed by atoms with Crippen LogP contribution in [0.15, 0.2) is 24.5 Å². The van der Waals surface area contributed by atoms with Crippen molar-refractivity contribution in [2.45, 2.75) is 38.3 Å². The SMILES string of the molecule is O=C(Cc1ccncc1)C1CCCC(C(F)(F)F)C1. The molecule has 1 fully saturated rings. The molecule has 2 rings (SSSR count). The molecule has 1 aromatic rings. The number of nitrogens with zero attached hydrogens (tertiary/aromatic N) is 1. The summed E-state index contributed by atoms with van der Waals surface area (Å²) in [5.41, 5.74) is 0.814. The van der Waals surface area contributed by atoms with Gasteiger partial charge in [-0.1, -0.05) is 6.42 Å². The van der Waals surface area contributed by atoms with Gasteiger partial charge in [-0.05, 0) is 37.0 Å². The average molecular weight is 271 g/mol. The van der Waals surface area contributed by atoms with E-state index >= 15 is 0 Å².